The Morgan fingerprint density at radius 3 is 3.00 bits per heavy atom. The van der Waals surface area contributed by atoms with E-state index in [4.69, 9.17) is 0 Å². The van der Waals surface area contributed by atoms with Crippen LogP contribution in [0.15, 0.2) is 24.3 Å². The van der Waals surface area contributed by atoms with Crippen LogP contribution in [0, 0.1) is 6.07 Å². The van der Waals surface area contributed by atoms with Gasteiger partial charge in [0.15, 0.2) is 0 Å². The first-order valence-electron chi connectivity index (χ1n) is 3.60. The fraction of sp³-hybridized carbons (Fsp3) is 0. The number of aromatic amines is 1. The third-order valence-corrected chi connectivity index (χ3v) is 1.65. The molecule has 0 fully saturated rings. The molecule has 59 valence electrons. The topological polar surface area (TPSA) is 44.9 Å². The van der Waals surface area contributed by atoms with Gasteiger partial charge in [-0.2, -0.15) is 0 Å². The number of carbonyl (C=O) groups is 1. The van der Waals surface area contributed by atoms with Crippen LogP contribution in [0.4, 0.5) is 5.82 Å². The largest absolute Gasteiger partial charge is 0.341 e. The molecule has 3 heteroatoms. The van der Waals surface area contributed by atoms with Crippen molar-refractivity contribution in [2.45, 2.75) is 0 Å². The third kappa shape index (κ3) is 1.05. The van der Waals surface area contributed by atoms with Crippen molar-refractivity contribution in [3.8, 4) is 0 Å². The predicted molar refractivity (Wildman–Crippen MR) is 46.8 cm³/mol. The Kier molecular flexibility index (Phi) is 1.55. The summed E-state index contributed by atoms with van der Waals surface area (Å²) in [6.45, 7) is 0. The molecular weight excluding hydrogens is 152 g/mol. The van der Waals surface area contributed by atoms with E-state index in [2.05, 4.69) is 16.4 Å². The molecule has 3 nitrogen and oxygen atoms in total. The van der Waals surface area contributed by atoms with Crippen molar-refractivity contribution in [3.05, 3.63) is 30.3 Å². The second-order valence-corrected chi connectivity index (χ2v) is 2.43. The summed E-state index contributed by atoms with van der Waals surface area (Å²) in [7, 11) is 0. The minimum absolute atomic E-state index is 0.603. The minimum Gasteiger partial charge on any atom is -0.341 e. The predicted octanol–water partition coefficient (Wildman–Crippen LogP) is 1.54. The van der Waals surface area contributed by atoms with Crippen LogP contribution in [0.3, 0.4) is 0 Å². The molecule has 1 aromatic heterocycles. The summed E-state index contributed by atoms with van der Waals surface area (Å²) < 4.78 is 0. The number of para-hydroxylation sites is 1. The van der Waals surface area contributed by atoms with Crippen molar-refractivity contribution in [2.75, 3.05) is 5.32 Å². The Bertz CT molecular complexity index is 373. The van der Waals surface area contributed by atoms with Gasteiger partial charge in [-0.15, -0.1) is 0 Å². The number of nitrogens with one attached hydrogen (secondary N) is 2. The van der Waals surface area contributed by atoms with Crippen LogP contribution < -0.4 is 5.32 Å². The van der Waals surface area contributed by atoms with Crippen LogP contribution in [0.1, 0.15) is 0 Å². The summed E-state index contributed by atoms with van der Waals surface area (Å²) in [4.78, 5) is 13.1. The molecule has 1 aromatic carbocycles. The van der Waals surface area contributed by atoms with Crippen LogP contribution in [-0.2, 0) is 4.79 Å². The second-order valence-electron chi connectivity index (χ2n) is 2.43. The smallest absolute Gasteiger partial charge is 0.212 e. The molecule has 0 saturated heterocycles. The van der Waals surface area contributed by atoms with Crippen molar-refractivity contribution in [2.24, 2.45) is 0 Å². The number of benzene rings is 1. The highest BCUT2D eigenvalue weighted by molar-refractivity contribution is 5.85. The molecule has 0 spiro atoms. The SMILES string of the molecule is O=CNc1[c]c2ccccc2[nH]1. The molecule has 12 heavy (non-hydrogen) atoms. The lowest BCUT2D eigenvalue weighted by Crippen LogP contribution is -1.92. The number of H-pyrrole nitrogens is 1. The van der Waals surface area contributed by atoms with E-state index in [1.165, 1.54) is 0 Å². The molecule has 0 aliphatic carbocycles. The van der Waals surface area contributed by atoms with E-state index in [0.717, 1.165) is 10.9 Å². The van der Waals surface area contributed by atoms with Crippen LogP contribution >= 0.6 is 0 Å². The van der Waals surface area contributed by atoms with Gasteiger partial charge in [-0.1, -0.05) is 18.2 Å². The zero-order valence-corrected chi connectivity index (χ0v) is 6.29. The summed E-state index contributed by atoms with van der Waals surface area (Å²) in [5, 5.41) is 3.48. The average Bonchev–Trinajstić information content (AvgIpc) is 2.47. The highest BCUT2D eigenvalue weighted by atomic mass is 16.1. The molecule has 0 saturated carbocycles. The van der Waals surface area contributed by atoms with Crippen molar-refractivity contribution >= 4 is 23.1 Å². The maximum atomic E-state index is 10.1. The quantitative estimate of drug-likeness (QED) is 0.641. The Labute approximate surface area is 69.4 Å². The van der Waals surface area contributed by atoms with Crippen LogP contribution in [-0.4, -0.2) is 11.4 Å². The normalized spacial score (nSPS) is 10.0. The molecule has 0 unspecified atom stereocenters. The first-order chi connectivity index (χ1) is 5.90. The average molecular weight is 159 g/mol. The number of anilines is 1. The summed E-state index contributed by atoms with van der Waals surface area (Å²) in [5.41, 5.74) is 0.974. The maximum absolute atomic E-state index is 10.1. The third-order valence-electron chi connectivity index (χ3n) is 1.65. The molecule has 1 amide bonds. The summed E-state index contributed by atoms with van der Waals surface area (Å²) in [6.07, 6.45) is 0.626. The van der Waals surface area contributed by atoms with Crippen molar-refractivity contribution in [1.82, 2.24) is 4.98 Å². The lowest BCUT2D eigenvalue weighted by Gasteiger charge is -1.87. The molecule has 0 aliphatic rings. The van der Waals surface area contributed by atoms with Gasteiger partial charge in [-0.3, -0.25) is 4.79 Å². The number of fused-ring (bicyclic) bond motifs is 1. The number of rotatable bonds is 2. The van der Waals surface area contributed by atoms with Gasteiger partial charge >= 0.3 is 0 Å². The minimum atomic E-state index is 0.603. The van der Waals surface area contributed by atoms with Crippen LogP contribution in [0.25, 0.3) is 10.9 Å². The Balaban J connectivity index is 2.54. The Morgan fingerprint density at radius 2 is 2.25 bits per heavy atom. The zero-order valence-electron chi connectivity index (χ0n) is 6.29. The first kappa shape index (κ1) is 6.91. The van der Waals surface area contributed by atoms with Gasteiger partial charge in [0.25, 0.3) is 0 Å². The number of aromatic nitrogens is 1. The van der Waals surface area contributed by atoms with Gasteiger partial charge in [-0.25, -0.2) is 0 Å². The molecule has 2 aromatic rings. The van der Waals surface area contributed by atoms with E-state index in [-0.39, 0.29) is 0 Å². The molecule has 0 atom stereocenters. The molecular formula is C9H7N2O. The van der Waals surface area contributed by atoms with E-state index in [0.29, 0.717) is 12.2 Å². The van der Waals surface area contributed by atoms with E-state index in [1.54, 1.807) is 0 Å². The van der Waals surface area contributed by atoms with E-state index >= 15 is 0 Å². The van der Waals surface area contributed by atoms with Gasteiger partial charge in [0.05, 0.1) is 0 Å². The van der Waals surface area contributed by atoms with Gasteiger partial charge in [0.1, 0.15) is 5.82 Å². The van der Waals surface area contributed by atoms with Gasteiger partial charge < -0.3 is 10.3 Å². The standard InChI is InChI=1S/C9H7N2O/c12-6-10-9-5-7-3-1-2-4-8(7)11-9/h1-4,6,11H,(H,10,12). The van der Waals surface area contributed by atoms with Gasteiger partial charge in [0, 0.05) is 17.0 Å². The Hall–Kier alpha value is -1.77. The molecule has 1 heterocycles. The Morgan fingerprint density at radius 1 is 1.42 bits per heavy atom. The lowest BCUT2D eigenvalue weighted by atomic mass is 10.2. The number of amides is 1. The van der Waals surface area contributed by atoms with Crippen molar-refractivity contribution in [1.29, 1.82) is 0 Å². The fourth-order valence-corrected chi connectivity index (χ4v) is 1.13. The van der Waals surface area contributed by atoms with Crippen molar-refractivity contribution < 1.29 is 4.79 Å². The second kappa shape index (κ2) is 2.70. The molecule has 2 rings (SSSR count). The number of hydrogen-bond acceptors (Lipinski definition) is 1. The molecule has 2 N–H and O–H groups in total. The monoisotopic (exact) mass is 159 g/mol. The highest BCUT2D eigenvalue weighted by Gasteiger charge is 1.97. The highest BCUT2D eigenvalue weighted by Crippen LogP contribution is 2.16. The fourth-order valence-electron chi connectivity index (χ4n) is 1.13. The molecule has 1 radical (unpaired) electrons. The summed E-state index contributed by atoms with van der Waals surface area (Å²) >= 11 is 0. The molecule has 0 aliphatic heterocycles. The van der Waals surface area contributed by atoms with Crippen LogP contribution in [0.2, 0.25) is 0 Å². The van der Waals surface area contributed by atoms with Crippen LogP contribution in [0.5, 0.6) is 0 Å². The summed E-state index contributed by atoms with van der Waals surface area (Å²) in [5.74, 6) is 0.603. The maximum Gasteiger partial charge on any atom is 0.212 e. The summed E-state index contributed by atoms with van der Waals surface area (Å²) in [6, 6.07) is 10.7. The zero-order chi connectivity index (χ0) is 8.39. The van der Waals surface area contributed by atoms with E-state index < -0.39 is 0 Å². The number of carbonyl (C=O) groups excluding carboxylic acids is 1. The first-order valence-corrected chi connectivity index (χ1v) is 3.60. The molecule has 0 bridgehead atoms. The lowest BCUT2D eigenvalue weighted by molar-refractivity contribution is -0.105. The van der Waals surface area contributed by atoms with Crippen molar-refractivity contribution in [3.63, 3.8) is 0 Å². The van der Waals surface area contributed by atoms with Gasteiger partial charge in [-0.05, 0) is 6.07 Å². The van der Waals surface area contributed by atoms with E-state index in [9.17, 15) is 4.79 Å². The van der Waals surface area contributed by atoms with E-state index in [1.807, 2.05) is 24.3 Å². The number of hydrogen-bond donors (Lipinski definition) is 2. The van der Waals surface area contributed by atoms with Gasteiger partial charge in [0.2, 0.25) is 6.41 Å².